The smallest absolute Gasteiger partial charge is 0.0443 e. The molecule has 0 saturated carbocycles. The molecule has 0 radical (unpaired) electrons. The molecule has 0 saturated heterocycles. The molecule has 4 rings (SSSR count). The molecular formula is C21H28N2. The molecule has 0 unspecified atom stereocenters. The molecule has 0 spiro atoms. The molecule has 2 aromatic rings. The summed E-state index contributed by atoms with van der Waals surface area (Å²) in [5.74, 6) is 0. The molecule has 1 heterocycles. The molecule has 2 aliphatic rings. The second kappa shape index (κ2) is 7.65. The number of nitrogens with zero attached hydrogens (tertiary/aromatic N) is 1. The lowest BCUT2D eigenvalue weighted by molar-refractivity contribution is 0.685. The first kappa shape index (κ1) is 16.1. The van der Waals surface area contributed by atoms with E-state index in [0.29, 0.717) is 0 Å². The highest BCUT2D eigenvalue weighted by Crippen LogP contribution is 2.34. The Hall–Kier alpha value is -1.80. The predicted octanol–water partition coefficient (Wildman–Crippen LogP) is 4.61. The van der Waals surface area contributed by atoms with Gasteiger partial charge in [-0.05, 0) is 86.9 Å². The van der Waals surface area contributed by atoms with Crippen molar-refractivity contribution in [3.05, 3.63) is 59.2 Å². The number of anilines is 2. The van der Waals surface area contributed by atoms with Crippen LogP contribution in [0.15, 0.2) is 42.5 Å². The standard InChI is InChI=1S/C20H23N.CH5N/c1-2-10-18-15-19(13-12-16(18)7-1)21-14-6-5-9-17-8-3-4-11-20(17)21;1-2/h3-4,8,11-13,15H,1-2,5-7,9-10,14H2;2H2,1H3. The number of benzene rings is 2. The SMILES string of the molecule is CN.c1ccc2c(c1)CCCCN2c1ccc2c(c1)CCCC2. The van der Waals surface area contributed by atoms with Crippen molar-refractivity contribution < 1.29 is 0 Å². The summed E-state index contributed by atoms with van der Waals surface area (Å²) in [4.78, 5) is 2.54. The summed E-state index contributed by atoms with van der Waals surface area (Å²) in [6.45, 7) is 1.15. The van der Waals surface area contributed by atoms with Crippen LogP contribution in [-0.2, 0) is 19.3 Å². The van der Waals surface area contributed by atoms with Crippen LogP contribution in [0, 0.1) is 0 Å². The summed E-state index contributed by atoms with van der Waals surface area (Å²) >= 11 is 0. The molecule has 0 aromatic heterocycles. The van der Waals surface area contributed by atoms with Gasteiger partial charge in [-0.1, -0.05) is 24.3 Å². The lowest BCUT2D eigenvalue weighted by Gasteiger charge is -2.27. The fourth-order valence-corrected chi connectivity index (χ4v) is 3.85. The maximum atomic E-state index is 4.50. The predicted molar refractivity (Wildman–Crippen MR) is 99.6 cm³/mol. The van der Waals surface area contributed by atoms with E-state index in [2.05, 4.69) is 53.1 Å². The average Bonchev–Trinajstić information content (AvgIpc) is 2.85. The van der Waals surface area contributed by atoms with Crippen molar-refractivity contribution in [2.24, 2.45) is 5.73 Å². The van der Waals surface area contributed by atoms with Gasteiger partial charge in [0.2, 0.25) is 0 Å². The first-order valence-corrected chi connectivity index (χ1v) is 8.97. The zero-order valence-electron chi connectivity index (χ0n) is 14.2. The van der Waals surface area contributed by atoms with Crippen molar-refractivity contribution in [3.8, 4) is 0 Å². The van der Waals surface area contributed by atoms with Gasteiger partial charge in [0, 0.05) is 17.9 Å². The van der Waals surface area contributed by atoms with Gasteiger partial charge in [0.15, 0.2) is 0 Å². The lowest BCUT2D eigenvalue weighted by Crippen LogP contribution is -2.18. The number of rotatable bonds is 1. The molecule has 0 amide bonds. The van der Waals surface area contributed by atoms with E-state index in [1.807, 2.05) is 0 Å². The maximum Gasteiger partial charge on any atom is 0.0443 e. The van der Waals surface area contributed by atoms with Crippen molar-refractivity contribution in [2.45, 2.75) is 44.9 Å². The average molecular weight is 308 g/mol. The molecular weight excluding hydrogens is 280 g/mol. The molecule has 2 N–H and O–H groups in total. The third-order valence-corrected chi connectivity index (χ3v) is 5.00. The largest absolute Gasteiger partial charge is 0.341 e. The number of hydrogen-bond acceptors (Lipinski definition) is 2. The normalized spacial score (nSPS) is 16.5. The van der Waals surface area contributed by atoms with Gasteiger partial charge in [0.25, 0.3) is 0 Å². The highest BCUT2D eigenvalue weighted by Gasteiger charge is 2.18. The Morgan fingerprint density at radius 1 is 0.739 bits per heavy atom. The first-order chi connectivity index (χ1) is 11.4. The molecule has 0 fully saturated rings. The summed E-state index contributed by atoms with van der Waals surface area (Å²) in [6, 6.07) is 16.1. The molecule has 2 nitrogen and oxygen atoms in total. The van der Waals surface area contributed by atoms with Gasteiger partial charge in [-0.15, -0.1) is 0 Å². The fraction of sp³-hybridized carbons (Fsp3) is 0.429. The van der Waals surface area contributed by atoms with Crippen molar-refractivity contribution in [1.29, 1.82) is 0 Å². The highest BCUT2D eigenvalue weighted by molar-refractivity contribution is 5.68. The van der Waals surface area contributed by atoms with Crippen molar-refractivity contribution in [3.63, 3.8) is 0 Å². The molecule has 2 heteroatoms. The minimum Gasteiger partial charge on any atom is -0.341 e. The van der Waals surface area contributed by atoms with Gasteiger partial charge in [-0.25, -0.2) is 0 Å². The Balaban J connectivity index is 0.000000753. The number of para-hydroxylation sites is 1. The Labute approximate surface area is 140 Å². The van der Waals surface area contributed by atoms with E-state index in [-0.39, 0.29) is 0 Å². The summed E-state index contributed by atoms with van der Waals surface area (Å²) in [7, 11) is 1.50. The molecule has 23 heavy (non-hydrogen) atoms. The Morgan fingerprint density at radius 3 is 2.30 bits per heavy atom. The Morgan fingerprint density at radius 2 is 1.43 bits per heavy atom. The van der Waals surface area contributed by atoms with E-state index in [1.54, 1.807) is 11.1 Å². The summed E-state index contributed by atoms with van der Waals surface area (Å²) in [5.41, 5.74) is 12.0. The highest BCUT2D eigenvalue weighted by atomic mass is 15.1. The maximum absolute atomic E-state index is 4.50. The van der Waals surface area contributed by atoms with E-state index in [1.165, 1.54) is 68.9 Å². The van der Waals surface area contributed by atoms with E-state index < -0.39 is 0 Å². The first-order valence-electron chi connectivity index (χ1n) is 8.97. The molecule has 0 atom stereocenters. The zero-order valence-corrected chi connectivity index (χ0v) is 14.2. The molecule has 2 aromatic carbocycles. The van der Waals surface area contributed by atoms with E-state index >= 15 is 0 Å². The van der Waals surface area contributed by atoms with Gasteiger partial charge in [-0.3, -0.25) is 0 Å². The van der Waals surface area contributed by atoms with Crippen LogP contribution in [0.1, 0.15) is 42.4 Å². The van der Waals surface area contributed by atoms with E-state index in [4.69, 9.17) is 0 Å². The zero-order chi connectivity index (χ0) is 16.1. The van der Waals surface area contributed by atoms with Crippen LogP contribution in [0.4, 0.5) is 11.4 Å². The molecule has 0 bridgehead atoms. The lowest BCUT2D eigenvalue weighted by atomic mass is 9.91. The van der Waals surface area contributed by atoms with Gasteiger partial charge in [0.1, 0.15) is 0 Å². The van der Waals surface area contributed by atoms with Crippen LogP contribution in [-0.4, -0.2) is 13.6 Å². The van der Waals surface area contributed by atoms with Crippen molar-refractivity contribution >= 4 is 11.4 Å². The van der Waals surface area contributed by atoms with E-state index in [9.17, 15) is 0 Å². The van der Waals surface area contributed by atoms with Gasteiger partial charge in [-0.2, -0.15) is 0 Å². The van der Waals surface area contributed by atoms with Crippen LogP contribution in [0.3, 0.4) is 0 Å². The minimum atomic E-state index is 1.15. The Bertz CT molecular complexity index is 648. The fourth-order valence-electron chi connectivity index (χ4n) is 3.85. The van der Waals surface area contributed by atoms with Crippen LogP contribution in [0.25, 0.3) is 0 Å². The molecule has 122 valence electrons. The van der Waals surface area contributed by atoms with Gasteiger partial charge in [0.05, 0.1) is 0 Å². The Kier molecular flexibility index (Phi) is 5.35. The number of hydrogen-bond donors (Lipinski definition) is 1. The quantitative estimate of drug-likeness (QED) is 0.833. The topological polar surface area (TPSA) is 29.3 Å². The van der Waals surface area contributed by atoms with Crippen LogP contribution in [0.2, 0.25) is 0 Å². The van der Waals surface area contributed by atoms with Gasteiger partial charge >= 0.3 is 0 Å². The third-order valence-electron chi connectivity index (χ3n) is 5.00. The third kappa shape index (κ3) is 3.42. The van der Waals surface area contributed by atoms with Crippen LogP contribution in [0.5, 0.6) is 0 Å². The van der Waals surface area contributed by atoms with Crippen LogP contribution >= 0.6 is 0 Å². The summed E-state index contributed by atoms with van der Waals surface area (Å²) < 4.78 is 0. The number of fused-ring (bicyclic) bond motifs is 2. The van der Waals surface area contributed by atoms with Crippen molar-refractivity contribution in [1.82, 2.24) is 0 Å². The second-order valence-corrected chi connectivity index (χ2v) is 6.40. The van der Waals surface area contributed by atoms with Gasteiger partial charge < -0.3 is 10.6 Å². The number of aryl methyl sites for hydroxylation is 3. The number of nitrogens with two attached hydrogens (primary N) is 1. The monoisotopic (exact) mass is 308 g/mol. The van der Waals surface area contributed by atoms with E-state index in [0.717, 1.165) is 6.54 Å². The second-order valence-electron chi connectivity index (χ2n) is 6.40. The molecule has 1 aliphatic carbocycles. The summed E-state index contributed by atoms with van der Waals surface area (Å²) in [5, 5.41) is 0. The van der Waals surface area contributed by atoms with Crippen LogP contribution < -0.4 is 10.6 Å². The minimum absolute atomic E-state index is 1.15. The summed E-state index contributed by atoms with van der Waals surface area (Å²) in [6.07, 6.45) is 9.05. The van der Waals surface area contributed by atoms with Crippen molar-refractivity contribution in [2.75, 3.05) is 18.5 Å². The molecule has 1 aliphatic heterocycles.